The van der Waals surface area contributed by atoms with Gasteiger partial charge in [0.2, 0.25) is 0 Å². The van der Waals surface area contributed by atoms with Gasteiger partial charge in [0.05, 0.1) is 157 Å². The molecule has 36 nitrogen and oxygen atoms in total. The van der Waals surface area contributed by atoms with Crippen LogP contribution in [0.15, 0.2) is 189 Å². The number of hydrogen-bond donors (Lipinski definition) is 0. The van der Waals surface area contributed by atoms with Gasteiger partial charge in [-0.05, 0) is 207 Å². The maximum Gasteiger partial charge on any atom is 0.422 e. The van der Waals surface area contributed by atoms with Crippen LogP contribution in [0.25, 0.3) is 110 Å². The number of hydrogen-bond acceptors (Lipinski definition) is 30. The van der Waals surface area contributed by atoms with Gasteiger partial charge in [-0.15, -0.1) is 0 Å². The first-order chi connectivity index (χ1) is 70.2. The highest BCUT2D eigenvalue weighted by molar-refractivity contribution is 6.51. The van der Waals surface area contributed by atoms with E-state index in [1.54, 1.807) is 245 Å². The van der Waals surface area contributed by atoms with Crippen molar-refractivity contribution in [1.82, 2.24) is 18.3 Å². The zero-order valence-corrected chi connectivity index (χ0v) is 86.0. The van der Waals surface area contributed by atoms with E-state index in [1.165, 1.54) is 54.7 Å². The molecule has 8 heterocycles. The first kappa shape index (κ1) is 107. The normalized spacial score (nSPS) is 14.6. The van der Waals surface area contributed by atoms with Crippen molar-refractivity contribution in [1.29, 1.82) is 0 Å². The Balaban J connectivity index is 0.000000166. The second-order valence-corrected chi connectivity index (χ2v) is 39.6. The van der Waals surface area contributed by atoms with Crippen molar-refractivity contribution in [2.75, 3.05) is 118 Å². The number of aromatic nitrogens is 4. The van der Waals surface area contributed by atoms with Crippen LogP contribution in [-0.2, 0) is 85.5 Å². The number of carbonyl (C=O) groups is 10. The fourth-order valence-corrected chi connectivity index (χ4v) is 17.5. The summed E-state index contributed by atoms with van der Waals surface area (Å²) in [6.07, 6.45) is -3.88. The van der Waals surface area contributed by atoms with Crippen LogP contribution in [0.4, 0.5) is 40.1 Å². The summed E-state index contributed by atoms with van der Waals surface area (Å²) in [4.78, 5) is 196. The van der Waals surface area contributed by atoms with Gasteiger partial charge in [-0.25, -0.2) is 66.4 Å². The minimum absolute atomic E-state index is 0.00534. The van der Waals surface area contributed by atoms with Gasteiger partial charge in [0.1, 0.15) is 45.1 Å². The number of esters is 2. The minimum atomic E-state index is -1.06. The molecule has 0 atom stereocenters. The van der Waals surface area contributed by atoms with Gasteiger partial charge in [0, 0.05) is 93.8 Å². The van der Waals surface area contributed by atoms with E-state index in [0.717, 1.165) is 20.9 Å². The van der Waals surface area contributed by atoms with E-state index in [1.807, 2.05) is 27.7 Å². The lowest BCUT2D eigenvalue weighted by molar-refractivity contribution is -0.127. The third-order valence-corrected chi connectivity index (χ3v) is 25.3. The number of pyridine rings is 4. The van der Waals surface area contributed by atoms with Crippen molar-refractivity contribution >= 4 is 181 Å². The molecule has 0 saturated heterocycles. The van der Waals surface area contributed by atoms with Gasteiger partial charge in [0.15, 0.2) is 21.7 Å². The van der Waals surface area contributed by atoms with Crippen LogP contribution in [0.1, 0.15) is 143 Å². The Kier molecular flexibility index (Phi) is 31.1. The molecular formula is C112H116N6O30. The number of amides is 4. The molecule has 774 valence electrons. The molecule has 0 spiro atoms. The van der Waals surface area contributed by atoms with E-state index in [-0.39, 0.29) is 170 Å². The van der Waals surface area contributed by atoms with E-state index in [4.69, 9.17) is 75.8 Å². The highest BCUT2D eigenvalue weighted by atomic mass is 16.6. The highest BCUT2D eigenvalue weighted by Crippen LogP contribution is 2.53. The molecule has 36 heteroatoms. The lowest BCUT2D eigenvalue weighted by atomic mass is 9.92. The maximum atomic E-state index is 14.2. The van der Waals surface area contributed by atoms with Crippen LogP contribution < -0.4 is 41.0 Å². The van der Waals surface area contributed by atoms with Crippen molar-refractivity contribution in [2.24, 2.45) is 0 Å². The van der Waals surface area contributed by atoms with Crippen molar-refractivity contribution in [3.05, 3.63) is 244 Å². The topological polar surface area (TPSA) is 413 Å². The number of imide groups is 2. The fourth-order valence-electron chi connectivity index (χ4n) is 17.5. The highest BCUT2D eigenvalue weighted by Gasteiger charge is 2.49. The van der Waals surface area contributed by atoms with Gasteiger partial charge >= 0.3 is 48.5 Å². The van der Waals surface area contributed by atoms with E-state index in [2.05, 4.69) is 0 Å². The van der Waals surface area contributed by atoms with Gasteiger partial charge in [0.25, 0.3) is 11.8 Å². The third-order valence-electron chi connectivity index (χ3n) is 25.3. The Morgan fingerprint density at radius 3 is 0.818 bits per heavy atom. The van der Waals surface area contributed by atoms with E-state index < -0.39 is 93.9 Å². The van der Waals surface area contributed by atoms with Crippen LogP contribution in [0.3, 0.4) is 0 Å². The summed E-state index contributed by atoms with van der Waals surface area (Å²) < 4.78 is 94.1. The number of methoxy groups -OCH3 is 4. The largest absolute Gasteiger partial charge is 0.443 e. The zero-order chi connectivity index (χ0) is 107. The molecule has 0 unspecified atom stereocenters. The SMILES string of the molecule is CCC(C)(C)OC(=O)N1C(=O)/C(=C2/C(=O)Oc3cc4c(cc32)OC(=O)/C4=C2/C(=O)N(C(=O)OC(C)(C)CC)c3ccccc32)c2ccccc21.COCCOCC(C)(C)OC(=O)n1c2ccc(C)cc2c(=O)c2cc3c(cc21)c(=O)c1cc(C)ccc1n3C(=O)OC(C)(C)COCCOC.COCCOCC(C)(C)OC(=O)n1c2ccccc2c(=O)c2cc3c(cc21)c(=O)c1ccccc1n3C(=O)OC(C)(C)COCCOC. The molecule has 4 amide bonds. The Morgan fingerprint density at radius 1 is 0.270 bits per heavy atom. The minimum Gasteiger partial charge on any atom is -0.443 e. The van der Waals surface area contributed by atoms with Crippen molar-refractivity contribution in [2.45, 2.75) is 157 Å². The number of para-hydroxylation sites is 4. The molecule has 0 fully saturated rings. The van der Waals surface area contributed by atoms with Crippen LogP contribution in [0.5, 0.6) is 11.5 Å². The van der Waals surface area contributed by atoms with Gasteiger partial charge in [-0.3, -0.25) is 28.8 Å². The van der Waals surface area contributed by atoms with E-state index in [0.29, 0.717) is 98.9 Å². The first-order valence-corrected chi connectivity index (χ1v) is 48.0. The average molecular weight is 2030 g/mol. The molecule has 13 aromatic rings. The summed E-state index contributed by atoms with van der Waals surface area (Å²) in [5.41, 5.74) is -3.07. The molecule has 0 N–H and O–H groups in total. The molecule has 148 heavy (non-hydrogen) atoms. The number of aryl methyl sites for hydroxylation is 2. The summed E-state index contributed by atoms with van der Waals surface area (Å²) in [5.74, 6) is -3.27. The predicted octanol–water partition coefficient (Wildman–Crippen LogP) is 18.3. The van der Waals surface area contributed by atoms with Crippen LogP contribution in [0, 0.1) is 13.8 Å². The molecule has 4 aliphatic heterocycles. The standard InChI is InChI=1S/C38H32N2O10.C38H44N2O10.C36H40N2O10/c1-7-37(3,4)49-35(45)39-23-15-11-9-13-19(23)27(31(39)41)29-21-17-26-22(18-25(21)47-33(29)43)30(34(44)48-26)28-20-14-10-12-16-24(20)40(32(28)42)36(46)50-38(5,6)8-2;1-23-9-11-29-25(17-23)33(41)27-19-32-28(20-31(27)39(29)35(43)49-37(3,4)21-47-15-13-45-7)34(42)26-18-24(2)10-12-30(26)40(32)36(44)50-38(5,6)22-48-16-14-46-8;1-35(2,21-45-17-15-43-5)47-33(41)37-27-13-9-7-11-23(27)31(39)25-20-30-26(19-29(25)37)32(40)24-12-8-10-14-28(24)38(30)34(42)48-36(3,4)22-46-18-16-44-6/h9-18H,7-8H2,1-6H3;9-12,17-20H,13-16,21-22H2,1-8H3;7-14,19-20H,15-18,21-22H2,1-6H3/b29-27+,30-28+;;. The fraction of sp³-hybridized carbons (Fsp3) is 0.357. The lowest BCUT2D eigenvalue weighted by Crippen LogP contribution is -2.39. The first-order valence-electron chi connectivity index (χ1n) is 48.0. The second-order valence-electron chi connectivity index (χ2n) is 39.6. The van der Waals surface area contributed by atoms with Gasteiger partial charge < -0.3 is 75.8 Å². The smallest absolute Gasteiger partial charge is 0.422 e. The van der Waals surface area contributed by atoms with Crippen molar-refractivity contribution < 1.29 is 124 Å². The van der Waals surface area contributed by atoms with Crippen LogP contribution in [-0.4, -0.2) is 220 Å². The lowest BCUT2D eigenvalue weighted by Gasteiger charge is -2.27. The van der Waals surface area contributed by atoms with Crippen molar-refractivity contribution in [3.63, 3.8) is 0 Å². The summed E-state index contributed by atoms with van der Waals surface area (Å²) >= 11 is 0. The molecule has 0 bridgehead atoms. The summed E-state index contributed by atoms with van der Waals surface area (Å²) in [6.45, 7) is 31.1. The quantitative estimate of drug-likeness (QED) is 0.0110. The summed E-state index contributed by atoms with van der Waals surface area (Å²) in [7, 11) is 6.25. The summed E-state index contributed by atoms with van der Waals surface area (Å²) in [5, 5.41) is 1.46. The zero-order valence-electron chi connectivity index (χ0n) is 86.0. The molecule has 0 aliphatic carbocycles. The maximum absolute atomic E-state index is 14.2. The van der Waals surface area contributed by atoms with E-state index in [9.17, 15) is 67.1 Å². The number of ether oxygens (including phenoxy) is 16. The molecule has 0 radical (unpaired) electrons. The second kappa shape index (κ2) is 43.0. The Hall–Kier alpha value is -15.3. The average Bonchev–Trinajstić information content (AvgIpc) is 1.63. The van der Waals surface area contributed by atoms with E-state index >= 15 is 0 Å². The number of anilines is 2. The van der Waals surface area contributed by atoms with Gasteiger partial charge in [-0.1, -0.05) is 97.8 Å². The molecule has 0 saturated carbocycles. The molecule has 4 aromatic heterocycles. The molecule has 17 rings (SSSR count). The Labute approximate surface area is 849 Å². The Morgan fingerprint density at radius 2 is 0.527 bits per heavy atom. The Bertz CT molecular complexity index is 7500. The number of carbonyl (C=O) groups excluding carboxylic acids is 10. The van der Waals surface area contributed by atoms with Crippen LogP contribution >= 0.6 is 0 Å². The number of rotatable bonds is 28. The molecular weight excluding hydrogens is 1910 g/mol. The molecule has 9 aromatic carbocycles. The summed E-state index contributed by atoms with van der Waals surface area (Å²) in [6, 6.07) is 45.2. The third kappa shape index (κ3) is 21.7. The number of fused-ring (bicyclic) bond motifs is 12. The van der Waals surface area contributed by atoms with Crippen molar-refractivity contribution in [3.8, 4) is 11.5 Å². The monoisotopic (exact) mass is 2020 g/mol. The van der Waals surface area contributed by atoms with Gasteiger partial charge in [-0.2, -0.15) is 0 Å². The number of benzene rings is 9. The predicted molar refractivity (Wildman–Crippen MR) is 555 cm³/mol. The number of nitrogens with zero attached hydrogens (tertiary/aromatic N) is 6. The van der Waals surface area contributed by atoms with Crippen LogP contribution in [0.2, 0.25) is 0 Å². The molecule has 4 aliphatic rings.